The van der Waals surface area contributed by atoms with E-state index in [0.717, 1.165) is 77.0 Å². The molecule has 10 heteroatoms. The van der Waals surface area contributed by atoms with Crippen molar-refractivity contribution < 1.29 is 37.3 Å². The monoisotopic (exact) mass is 991 g/mol. The summed E-state index contributed by atoms with van der Waals surface area (Å²) in [6.45, 7) is 6.80. The molecule has 9 nitrogen and oxygen atoms in total. The largest absolute Gasteiger partial charge is 0.756 e. The summed E-state index contributed by atoms with van der Waals surface area (Å²) in [4.78, 5) is 39.8. The molecule has 0 aliphatic carbocycles. The average molecular weight is 992 g/mol. The molecule has 0 bridgehead atoms. The Kier molecular flexibility index (Phi) is 48.1. The van der Waals surface area contributed by atoms with Crippen LogP contribution in [-0.4, -0.2) is 69.4 Å². The number of phosphoric ester groups is 1. The van der Waals surface area contributed by atoms with Gasteiger partial charge >= 0.3 is 5.97 Å². The number of unbranched alkanes of at least 4 members (excludes halogenated alkanes) is 30. The molecule has 0 aliphatic heterocycles. The molecule has 3 unspecified atom stereocenters. The van der Waals surface area contributed by atoms with Crippen molar-refractivity contribution in [2.75, 3.05) is 40.9 Å². The molecular weight excluding hydrogens is 880 g/mol. The summed E-state index contributed by atoms with van der Waals surface area (Å²) < 4.78 is 30.2. The van der Waals surface area contributed by atoms with Crippen LogP contribution in [-0.2, 0) is 27.9 Å². The molecule has 3 atom stereocenters. The van der Waals surface area contributed by atoms with E-state index in [1.54, 1.807) is 0 Å². The van der Waals surface area contributed by atoms with Crippen LogP contribution in [0.2, 0.25) is 0 Å². The number of hydrogen-bond acceptors (Lipinski definition) is 7. The van der Waals surface area contributed by atoms with Gasteiger partial charge in [-0.15, -0.1) is 0 Å². The lowest BCUT2D eigenvalue weighted by Gasteiger charge is -2.30. The highest BCUT2D eigenvalue weighted by molar-refractivity contribution is 7.45. The zero-order chi connectivity index (χ0) is 50.8. The van der Waals surface area contributed by atoms with E-state index in [1.807, 2.05) is 33.3 Å². The summed E-state index contributed by atoms with van der Waals surface area (Å²) in [6.07, 6.45) is 59.2. The van der Waals surface area contributed by atoms with Gasteiger partial charge in [0.15, 0.2) is 0 Å². The van der Waals surface area contributed by atoms with E-state index < -0.39 is 26.6 Å². The molecule has 0 aromatic heterocycles. The van der Waals surface area contributed by atoms with Crippen molar-refractivity contribution in [1.82, 2.24) is 5.32 Å². The number of ether oxygens (including phenoxy) is 1. The first-order valence-corrected chi connectivity index (χ1v) is 30.4. The van der Waals surface area contributed by atoms with Gasteiger partial charge in [0, 0.05) is 12.8 Å². The predicted molar refractivity (Wildman–Crippen MR) is 293 cm³/mol. The third-order valence-corrected chi connectivity index (χ3v) is 13.7. The molecule has 0 fully saturated rings. The second kappa shape index (κ2) is 49.5. The number of hydrogen-bond donors (Lipinski definition) is 1. The lowest BCUT2D eigenvalue weighted by atomic mass is 10.0. The van der Waals surface area contributed by atoms with Gasteiger partial charge in [0.2, 0.25) is 5.91 Å². The first-order valence-electron chi connectivity index (χ1n) is 28.9. The van der Waals surface area contributed by atoms with Crippen LogP contribution in [0.1, 0.15) is 265 Å². The van der Waals surface area contributed by atoms with E-state index in [-0.39, 0.29) is 24.9 Å². The minimum atomic E-state index is -4.69. The SMILES string of the molecule is CCCCC/C=C\C/C=C\C/C=C\CCCCCCC(=O)OC(/C=C/CCCCCCCCCCC)C(COP(=O)([O-])OCC[N+](C)(C)C)NC(=O)CCCCCCCCCCCCCCCCC. The summed E-state index contributed by atoms with van der Waals surface area (Å²) in [5.41, 5.74) is 0. The number of amides is 1. The lowest BCUT2D eigenvalue weighted by molar-refractivity contribution is -0.870. The van der Waals surface area contributed by atoms with E-state index in [2.05, 4.69) is 62.5 Å². The molecule has 0 aromatic carbocycles. The Hall–Kier alpha value is -2.03. The number of nitrogens with one attached hydrogen (secondary N) is 1. The summed E-state index contributed by atoms with van der Waals surface area (Å²) in [7, 11) is 1.18. The number of nitrogens with zero attached hydrogens (tertiary/aromatic N) is 1. The minimum absolute atomic E-state index is 0.0252. The Bertz CT molecular complexity index is 1330. The smallest absolute Gasteiger partial charge is 0.306 e. The van der Waals surface area contributed by atoms with Crippen molar-refractivity contribution >= 4 is 19.7 Å². The third kappa shape index (κ3) is 50.7. The van der Waals surface area contributed by atoms with E-state index in [9.17, 15) is 19.0 Å². The standard InChI is InChI=1S/C59H111N2O7P/c1-7-10-13-16-19-22-25-27-29-30-32-34-37-40-43-46-49-52-59(63)68-57(50-47-44-41-38-35-24-21-18-15-12-9-3)56(55-67-69(64,65)66-54-53-61(4,5)6)60-58(62)51-48-45-42-39-36-33-31-28-26-23-20-17-14-11-8-2/h19,22,27,29,32,34,47,50,56-57H,7-18,20-21,23-26,28,30-31,33,35-46,48-49,51-55H2,1-6H3,(H-,60,62,64,65)/b22-19-,29-27-,34-32-,50-47+. The van der Waals surface area contributed by atoms with Crippen LogP contribution in [0.25, 0.3) is 0 Å². The Morgan fingerprint density at radius 1 is 0.507 bits per heavy atom. The highest BCUT2D eigenvalue weighted by Gasteiger charge is 2.27. The highest BCUT2D eigenvalue weighted by Crippen LogP contribution is 2.38. The lowest BCUT2D eigenvalue weighted by Crippen LogP contribution is -2.47. The number of quaternary nitrogens is 1. The summed E-state index contributed by atoms with van der Waals surface area (Å²) >= 11 is 0. The van der Waals surface area contributed by atoms with Gasteiger partial charge < -0.3 is 28.5 Å². The molecule has 0 saturated heterocycles. The fraction of sp³-hybridized carbons (Fsp3) is 0.831. The van der Waals surface area contributed by atoms with Crippen LogP contribution in [0.4, 0.5) is 0 Å². The molecular formula is C59H111N2O7P. The second-order valence-electron chi connectivity index (χ2n) is 20.8. The second-order valence-corrected chi connectivity index (χ2v) is 22.2. The number of esters is 1. The van der Waals surface area contributed by atoms with Gasteiger partial charge in [-0.1, -0.05) is 230 Å². The molecule has 0 aliphatic rings. The van der Waals surface area contributed by atoms with Gasteiger partial charge in [-0.2, -0.15) is 0 Å². The Labute approximate surface area is 427 Å². The van der Waals surface area contributed by atoms with Gasteiger partial charge in [0.1, 0.15) is 19.3 Å². The summed E-state index contributed by atoms with van der Waals surface area (Å²) in [6, 6.07) is -0.893. The Morgan fingerprint density at radius 2 is 0.884 bits per heavy atom. The van der Waals surface area contributed by atoms with Gasteiger partial charge in [0.25, 0.3) is 7.82 Å². The number of likely N-dealkylation sites (N-methyl/N-ethyl adjacent to an activating group) is 1. The maximum atomic E-state index is 13.5. The van der Waals surface area contributed by atoms with E-state index in [1.165, 1.54) is 148 Å². The molecule has 0 aromatic rings. The minimum Gasteiger partial charge on any atom is -0.756 e. The third-order valence-electron chi connectivity index (χ3n) is 12.8. The number of rotatable bonds is 52. The average Bonchev–Trinajstić information content (AvgIpc) is 3.31. The molecule has 0 heterocycles. The maximum absolute atomic E-state index is 13.5. The van der Waals surface area contributed by atoms with Gasteiger partial charge in [-0.05, 0) is 70.3 Å². The number of carbonyl (C=O) groups is 2. The quantitative estimate of drug-likeness (QED) is 0.0212. The maximum Gasteiger partial charge on any atom is 0.306 e. The first-order chi connectivity index (χ1) is 33.4. The number of phosphoric acid groups is 1. The first kappa shape index (κ1) is 67.0. The van der Waals surface area contributed by atoms with E-state index in [4.69, 9.17) is 13.8 Å². The van der Waals surface area contributed by atoms with Crippen LogP contribution in [0.15, 0.2) is 48.6 Å². The molecule has 0 radical (unpaired) electrons. The fourth-order valence-corrected chi connectivity index (χ4v) is 8.96. The number of carbonyl (C=O) groups excluding carboxylic acids is 2. The van der Waals surface area contributed by atoms with Gasteiger partial charge in [0.05, 0.1) is 33.8 Å². The van der Waals surface area contributed by atoms with Crippen molar-refractivity contribution in [3.8, 4) is 0 Å². The topological polar surface area (TPSA) is 114 Å². The molecule has 1 N–H and O–H groups in total. The molecule has 0 saturated carbocycles. The van der Waals surface area contributed by atoms with E-state index in [0.29, 0.717) is 23.9 Å². The van der Waals surface area contributed by atoms with Crippen molar-refractivity contribution in [3.63, 3.8) is 0 Å². The summed E-state index contributed by atoms with van der Waals surface area (Å²) in [5.74, 6) is -0.560. The van der Waals surface area contributed by atoms with Gasteiger partial charge in [-0.25, -0.2) is 0 Å². The Balaban J connectivity index is 5.34. The molecule has 0 rings (SSSR count). The van der Waals surface area contributed by atoms with Crippen LogP contribution in [0.5, 0.6) is 0 Å². The molecule has 0 spiro atoms. The molecule has 69 heavy (non-hydrogen) atoms. The predicted octanol–water partition coefficient (Wildman–Crippen LogP) is 16.7. The Morgan fingerprint density at radius 3 is 1.35 bits per heavy atom. The normalized spacial score (nSPS) is 14.1. The van der Waals surface area contributed by atoms with Crippen molar-refractivity contribution in [1.29, 1.82) is 0 Å². The highest BCUT2D eigenvalue weighted by atomic mass is 31.2. The zero-order valence-corrected chi connectivity index (χ0v) is 46.9. The van der Waals surface area contributed by atoms with Crippen LogP contribution in [0.3, 0.4) is 0 Å². The van der Waals surface area contributed by atoms with Crippen molar-refractivity contribution in [3.05, 3.63) is 48.6 Å². The van der Waals surface area contributed by atoms with Crippen LogP contribution in [0, 0.1) is 0 Å². The molecule has 404 valence electrons. The van der Waals surface area contributed by atoms with Gasteiger partial charge in [-0.3, -0.25) is 14.2 Å². The van der Waals surface area contributed by atoms with E-state index >= 15 is 0 Å². The summed E-state index contributed by atoms with van der Waals surface area (Å²) in [5, 5.41) is 3.02. The fourth-order valence-electron chi connectivity index (χ4n) is 8.23. The van der Waals surface area contributed by atoms with Crippen LogP contribution >= 0.6 is 7.82 Å². The number of allylic oxidation sites excluding steroid dienone is 7. The van der Waals surface area contributed by atoms with Crippen molar-refractivity contribution in [2.45, 2.75) is 277 Å². The van der Waals surface area contributed by atoms with Crippen LogP contribution < -0.4 is 10.2 Å². The zero-order valence-electron chi connectivity index (χ0n) is 46.0. The van der Waals surface area contributed by atoms with Crippen molar-refractivity contribution in [2.24, 2.45) is 0 Å². The molecule has 1 amide bonds.